The molecule has 0 amide bonds. The average Bonchev–Trinajstić information content (AvgIpc) is 2.36. The minimum absolute atomic E-state index is 0.00151. The third kappa shape index (κ3) is 2.99. The van der Waals surface area contributed by atoms with Crippen LogP contribution >= 0.6 is 0 Å². The molecule has 0 saturated carbocycles. The molecule has 0 atom stereocenters. The molecule has 1 aromatic heterocycles. The number of ketones is 1. The summed E-state index contributed by atoms with van der Waals surface area (Å²) < 4.78 is 5.78. The number of hydrogen-bond donors (Lipinski definition) is 0. The molecule has 0 aliphatic rings. The minimum Gasteiger partial charge on any atom is -0.439 e. The van der Waals surface area contributed by atoms with Crippen LogP contribution in [0.5, 0.6) is 11.6 Å². The average molecular weight is 255 g/mol. The SMILES string of the molecule is CC(=O)c1ccc(Oc2cc(C)cc(C)c2C)nc1. The molecule has 0 unspecified atom stereocenters. The number of nitrogens with zero attached hydrogens (tertiary/aromatic N) is 1. The quantitative estimate of drug-likeness (QED) is 0.778. The van der Waals surface area contributed by atoms with Gasteiger partial charge in [0.1, 0.15) is 5.75 Å². The molecule has 3 nitrogen and oxygen atoms in total. The summed E-state index contributed by atoms with van der Waals surface area (Å²) in [6, 6.07) is 7.55. The summed E-state index contributed by atoms with van der Waals surface area (Å²) in [4.78, 5) is 15.3. The first-order valence-corrected chi connectivity index (χ1v) is 6.20. The fourth-order valence-corrected chi connectivity index (χ4v) is 1.87. The van der Waals surface area contributed by atoms with Crippen LogP contribution in [0.25, 0.3) is 0 Å². The maximum absolute atomic E-state index is 11.2. The van der Waals surface area contributed by atoms with E-state index in [-0.39, 0.29) is 5.78 Å². The Labute approximate surface area is 113 Å². The molecule has 1 heterocycles. The largest absolute Gasteiger partial charge is 0.439 e. The lowest BCUT2D eigenvalue weighted by Gasteiger charge is -2.11. The minimum atomic E-state index is 0.00151. The fourth-order valence-electron chi connectivity index (χ4n) is 1.87. The van der Waals surface area contributed by atoms with E-state index in [1.165, 1.54) is 18.7 Å². The summed E-state index contributed by atoms with van der Waals surface area (Å²) in [6.07, 6.45) is 1.54. The molecule has 1 aromatic carbocycles. The van der Waals surface area contributed by atoms with Crippen molar-refractivity contribution < 1.29 is 9.53 Å². The molecule has 0 N–H and O–H groups in total. The molecule has 2 aromatic rings. The number of benzene rings is 1. The van der Waals surface area contributed by atoms with Gasteiger partial charge in [-0.15, -0.1) is 0 Å². The standard InChI is InChI=1S/C16H17NO2/c1-10-7-11(2)12(3)15(8-10)19-16-6-5-14(9-17-16)13(4)18/h5-9H,1-4H3. The lowest BCUT2D eigenvalue weighted by atomic mass is 10.1. The summed E-state index contributed by atoms with van der Waals surface area (Å²) in [5.41, 5.74) is 4.03. The van der Waals surface area contributed by atoms with Crippen LogP contribution in [0, 0.1) is 20.8 Å². The van der Waals surface area contributed by atoms with Gasteiger partial charge in [-0.3, -0.25) is 4.79 Å². The van der Waals surface area contributed by atoms with E-state index in [4.69, 9.17) is 4.74 Å². The van der Waals surface area contributed by atoms with Crippen LogP contribution in [-0.4, -0.2) is 10.8 Å². The summed E-state index contributed by atoms with van der Waals surface area (Å²) in [5.74, 6) is 1.31. The smallest absolute Gasteiger partial charge is 0.219 e. The van der Waals surface area contributed by atoms with Gasteiger partial charge in [-0.25, -0.2) is 4.98 Å². The molecule has 0 spiro atoms. The van der Waals surface area contributed by atoms with Gasteiger partial charge in [0.05, 0.1) is 0 Å². The van der Waals surface area contributed by atoms with Crippen LogP contribution in [-0.2, 0) is 0 Å². The Bertz CT molecular complexity index is 615. The first-order chi connectivity index (χ1) is 8.97. The van der Waals surface area contributed by atoms with Gasteiger partial charge in [0, 0.05) is 17.8 Å². The van der Waals surface area contributed by atoms with Crippen molar-refractivity contribution in [3.8, 4) is 11.6 Å². The molecule has 0 fully saturated rings. The molecule has 19 heavy (non-hydrogen) atoms. The number of Topliss-reactive ketones (excluding diaryl/α,β-unsaturated/α-hetero) is 1. The van der Waals surface area contributed by atoms with Crippen LogP contribution in [0.3, 0.4) is 0 Å². The third-order valence-corrected chi connectivity index (χ3v) is 3.12. The molecule has 0 bridgehead atoms. The highest BCUT2D eigenvalue weighted by molar-refractivity contribution is 5.93. The second-order valence-corrected chi connectivity index (χ2v) is 4.75. The summed E-state index contributed by atoms with van der Waals surface area (Å²) >= 11 is 0. The zero-order valence-electron chi connectivity index (χ0n) is 11.7. The predicted molar refractivity (Wildman–Crippen MR) is 75.0 cm³/mol. The highest BCUT2D eigenvalue weighted by atomic mass is 16.5. The van der Waals surface area contributed by atoms with E-state index in [9.17, 15) is 4.79 Å². The van der Waals surface area contributed by atoms with Crippen molar-refractivity contribution >= 4 is 5.78 Å². The van der Waals surface area contributed by atoms with Crippen molar-refractivity contribution in [1.82, 2.24) is 4.98 Å². The van der Waals surface area contributed by atoms with Gasteiger partial charge < -0.3 is 4.74 Å². The van der Waals surface area contributed by atoms with E-state index in [2.05, 4.69) is 18.0 Å². The molecular weight excluding hydrogens is 238 g/mol. The zero-order valence-corrected chi connectivity index (χ0v) is 11.7. The van der Waals surface area contributed by atoms with Gasteiger partial charge in [0.2, 0.25) is 5.88 Å². The van der Waals surface area contributed by atoms with Crippen LogP contribution in [0.1, 0.15) is 34.0 Å². The van der Waals surface area contributed by atoms with Crippen LogP contribution in [0.15, 0.2) is 30.5 Å². The van der Waals surface area contributed by atoms with Crippen molar-refractivity contribution in [2.45, 2.75) is 27.7 Å². The maximum Gasteiger partial charge on any atom is 0.219 e. The summed E-state index contributed by atoms with van der Waals surface area (Å²) in [7, 11) is 0. The van der Waals surface area contributed by atoms with Gasteiger partial charge in [-0.05, 0) is 56.5 Å². The number of pyridine rings is 1. The molecule has 3 heteroatoms. The number of carbonyl (C=O) groups excluding carboxylic acids is 1. The summed E-state index contributed by atoms with van der Waals surface area (Å²) in [5, 5.41) is 0. The van der Waals surface area contributed by atoms with E-state index >= 15 is 0 Å². The monoisotopic (exact) mass is 255 g/mol. The number of ether oxygens (including phenoxy) is 1. The molecule has 98 valence electrons. The molecule has 0 aliphatic heterocycles. The maximum atomic E-state index is 11.2. The van der Waals surface area contributed by atoms with Crippen molar-refractivity contribution in [3.05, 3.63) is 52.7 Å². The van der Waals surface area contributed by atoms with Crippen molar-refractivity contribution in [2.75, 3.05) is 0 Å². The molecule has 0 aliphatic carbocycles. The molecule has 0 saturated heterocycles. The normalized spacial score (nSPS) is 10.3. The highest BCUT2D eigenvalue weighted by Gasteiger charge is 2.07. The van der Waals surface area contributed by atoms with Gasteiger partial charge in [0.25, 0.3) is 0 Å². The Balaban J connectivity index is 2.28. The Hall–Kier alpha value is -2.16. The van der Waals surface area contributed by atoms with Gasteiger partial charge in [-0.2, -0.15) is 0 Å². The number of hydrogen-bond acceptors (Lipinski definition) is 3. The first-order valence-electron chi connectivity index (χ1n) is 6.20. The van der Waals surface area contributed by atoms with Crippen molar-refractivity contribution in [2.24, 2.45) is 0 Å². The second-order valence-electron chi connectivity index (χ2n) is 4.75. The Morgan fingerprint density at radius 3 is 2.47 bits per heavy atom. The van der Waals surface area contributed by atoms with E-state index in [0.29, 0.717) is 11.4 Å². The van der Waals surface area contributed by atoms with Crippen LogP contribution in [0.2, 0.25) is 0 Å². The third-order valence-electron chi connectivity index (χ3n) is 3.12. The number of aryl methyl sites for hydroxylation is 2. The van der Waals surface area contributed by atoms with Crippen molar-refractivity contribution in [1.29, 1.82) is 0 Å². The van der Waals surface area contributed by atoms with Crippen LogP contribution in [0.4, 0.5) is 0 Å². The lowest BCUT2D eigenvalue weighted by Crippen LogP contribution is -1.96. The number of carbonyl (C=O) groups is 1. The zero-order chi connectivity index (χ0) is 14.0. The Kier molecular flexibility index (Phi) is 3.65. The topological polar surface area (TPSA) is 39.2 Å². The Morgan fingerprint density at radius 2 is 1.89 bits per heavy atom. The van der Waals surface area contributed by atoms with Gasteiger partial charge >= 0.3 is 0 Å². The van der Waals surface area contributed by atoms with Gasteiger partial charge in [0.15, 0.2) is 5.78 Å². The van der Waals surface area contributed by atoms with Crippen LogP contribution < -0.4 is 4.74 Å². The van der Waals surface area contributed by atoms with Crippen molar-refractivity contribution in [3.63, 3.8) is 0 Å². The molecular formula is C16H17NO2. The predicted octanol–water partition coefficient (Wildman–Crippen LogP) is 4.00. The summed E-state index contributed by atoms with van der Waals surface area (Å²) in [6.45, 7) is 7.63. The van der Waals surface area contributed by atoms with E-state index < -0.39 is 0 Å². The first kappa shape index (κ1) is 13.3. The second kappa shape index (κ2) is 5.22. The van der Waals surface area contributed by atoms with E-state index in [1.54, 1.807) is 12.1 Å². The Morgan fingerprint density at radius 1 is 1.16 bits per heavy atom. The van der Waals surface area contributed by atoms with E-state index in [1.807, 2.05) is 19.9 Å². The highest BCUT2D eigenvalue weighted by Crippen LogP contribution is 2.27. The van der Waals surface area contributed by atoms with E-state index in [0.717, 1.165) is 16.9 Å². The molecule has 2 rings (SSSR count). The molecule has 0 radical (unpaired) electrons. The van der Waals surface area contributed by atoms with Gasteiger partial charge in [-0.1, -0.05) is 6.07 Å². The lowest BCUT2D eigenvalue weighted by molar-refractivity contribution is 0.101. The fraction of sp³-hybridized carbons (Fsp3) is 0.250. The number of aromatic nitrogens is 1. The number of rotatable bonds is 3.